The molecule has 172 valence electrons. The molecule has 0 saturated heterocycles. The minimum absolute atomic E-state index is 0.00354. The average molecular weight is 471 g/mol. The number of ether oxygens (including phenoxy) is 1. The van der Waals surface area contributed by atoms with Crippen LogP contribution in [0.4, 0.5) is 0 Å². The van der Waals surface area contributed by atoms with Crippen LogP contribution in [0.5, 0.6) is 5.75 Å². The summed E-state index contributed by atoms with van der Waals surface area (Å²) in [4.78, 5) is 12.3. The molecule has 1 aliphatic rings. The Kier molecular flexibility index (Phi) is 6.36. The number of thioether (sulfide) groups is 1. The van der Waals surface area contributed by atoms with Crippen LogP contribution in [0.1, 0.15) is 34.3 Å². The third-order valence-electron chi connectivity index (χ3n) is 5.72. The van der Waals surface area contributed by atoms with Crippen molar-refractivity contribution in [2.75, 3.05) is 7.11 Å². The molecule has 34 heavy (non-hydrogen) atoms. The first-order valence-corrected chi connectivity index (χ1v) is 12.3. The second kappa shape index (κ2) is 9.73. The Hall–Kier alpha value is -3.58. The lowest BCUT2D eigenvalue weighted by molar-refractivity contribution is 0.0951. The number of aromatic nitrogens is 3. The largest absolute Gasteiger partial charge is 0.497 e. The predicted octanol–water partition coefficient (Wildman–Crippen LogP) is 5.44. The van der Waals surface area contributed by atoms with E-state index in [9.17, 15) is 4.79 Å². The number of carbonyl (C=O) groups excluding carboxylic acids is 1. The molecule has 4 aromatic rings. The first kappa shape index (κ1) is 22.2. The van der Waals surface area contributed by atoms with E-state index in [0.717, 1.165) is 46.4 Å². The maximum Gasteiger partial charge on any atom is 0.251 e. The summed E-state index contributed by atoms with van der Waals surface area (Å²) in [6.07, 6.45) is 2.17. The van der Waals surface area contributed by atoms with E-state index in [0.29, 0.717) is 17.4 Å². The molecule has 0 unspecified atom stereocenters. The highest BCUT2D eigenvalue weighted by Gasteiger charge is 2.23. The molecule has 0 atom stereocenters. The van der Waals surface area contributed by atoms with E-state index in [1.807, 2.05) is 54.6 Å². The molecular formula is C27H26N4O2S. The highest BCUT2D eigenvalue weighted by Crippen LogP contribution is 2.31. The SMILES string of the molecule is COc1cccc(-c2nnc(SCc3ccc(C(=O)NC4CC4)cc3)n2-c2cccc(C)c2)c1. The van der Waals surface area contributed by atoms with Gasteiger partial charge in [0.2, 0.25) is 0 Å². The van der Waals surface area contributed by atoms with Gasteiger partial charge in [0.1, 0.15) is 5.75 Å². The number of hydrogen-bond donors (Lipinski definition) is 1. The number of methoxy groups -OCH3 is 1. The Labute approximate surface area is 203 Å². The lowest BCUT2D eigenvalue weighted by atomic mass is 10.1. The fourth-order valence-electron chi connectivity index (χ4n) is 3.71. The van der Waals surface area contributed by atoms with E-state index in [-0.39, 0.29) is 5.91 Å². The molecule has 1 amide bonds. The van der Waals surface area contributed by atoms with Crippen LogP contribution >= 0.6 is 11.8 Å². The maximum absolute atomic E-state index is 12.3. The Morgan fingerprint density at radius 1 is 1.06 bits per heavy atom. The molecule has 1 saturated carbocycles. The third-order valence-corrected chi connectivity index (χ3v) is 6.72. The summed E-state index contributed by atoms with van der Waals surface area (Å²) < 4.78 is 7.50. The van der Waals surface area contributed by atoms with E-state index >= 15 is 0 Å². The Morgan fingerprint density at radius 2 is 1.85 bits per heavy atom. The molecule has 0 radical (unpaired) electrons. The molecule has 1 heterocycles. The van der Waals surface area contributed by atoms with Gasteiger partial charge in [0.25, 0.3) is 5.91 Å². The molecule has 6 nitrogen and oxygen atoms in total. The van der Waals surface area contributed by atoms with Gasteiger partial charge in [0.15, 0.2) is 11.0 Å². The van der Waals surface area contributed by atoms with Crippen molar-refractivity contribution >= 4 is 17.7 Å². The van der Waals surface area contributed by atoms with Gasteiger partial charge in [-0.05, 0) is 67.3 Å². The minimum Gasteiger partial charge on any atom is -0.497 e. The van der Waals surface area contributed by atoms with Crippen LogP contribution in [-0.4, -0.2) is 33.8 Å². The third kappa shape index (κ3) is 4.99. The number of aryl methyl sites for hydroxylation is 1. The van der Waals surface area contributed by atoms with Crippen molar-refractivity contribution < 1.29 is 9.53 Å². The predicted molar refractivity (Wildman–Crippen MR) is 135 cm³/mol. The molecule has 0 spiro atoms. The molecule has 7 heteroatoms. The Morgan fingerprint density at radius 3 is 2.59 bits per heavy atom. The summed E-state index contributed by atoms with van der Waals surface area (Å²) in [6, 6.07) is 24.3. The zero-order valence-electron chi connectivity index (χ0n) is 19.2. The monoisotopic (exact) mass is 470 g/mol. The maximum atomic E-state index is 12.3. The second-order valence-electron chi connectivity index (χ2n) is 8.45. The number of rotatable bonds is 8. The Balaban J connectivity index is 1.41. The van der Waals surface area contributed by atoms with Crippen molar-refractivity contribution in [3.63, 3.8) is 0 Å². The highest BCUT2D eigenvalue weighted by molar-refractivity contribution is 7.98. The summed E-state index contributed by atoms with van der Waals surface area (Å²) in [5, 5.41) is 12.9. The molecule has 1 N–H and O–H groups in total. The molecule has 5 rings (SSSR count). The van der Waals surface area contributed by atoms with Crippen molar-refractivity contribution in [3.8, 4) is 22.8 Å². The van der Waals surface area contributed by atoms with Gasteiger partial charge in [-0.25, -0.2) is 0 Å². The highest BCUT2D eigenvalue weighted by atomic mass is 32.2. The van der Waals surface area contributed by atoms with Crippen molar-refractivity contribution in [1.82, 2.24) is 20.1 Å². The van der Waals surface area contributed by atoms with Gasteiger partial charge in [-0.3, -0.25) is 9.36 Å². The summed E-state index contributed by atoms with van der Waals surface area (Å²) >= 11 is 1.62. The number of amides is 1. The van der Waals surface area contributed by atoms with Gasteiger partial charge in [0, 0.05) is 28.6 Å². The second-order valence-corrected chi connectivity index (χ2v) is 9.39. The standard InChI is InChI=1S/C27H26N4O2S/c1-18-5-3-7-23(15-18)31-25(21-6-4-8-24(16-21)33-2)29-30-27(31)34-17-19-9-11-20(12-10-19)26(32)28-22-13-14-22/h3-12,15-16,22H,13-14,17H2,1-2H3,(H,28,32). The molecule has 1 fully saturated rings. The zero-order valence-corrected chi connectivity index (χ0v) is 20.0. The van der Waals surface area contributed by atoms with Crippen LogP contribution in [0.15, 0.2) is 78.0 Å². The van der Waals surface area contributed by atoms with Gasteiger partial charge in [-0.1, -0.05) is 48.2 Å². The van der Waals surface area contributed by atoms with Crippen molar-refractivity contribution in [2.24, 2.45) is 0 Å². The van der Waals surface area contributed by atoms with Gasteiger partial charge in [-0.2, -0.15) is 0 Å². The zero-order chi connectivity index (χ0) is 23.5. The molecule has 3 aromatic carbocycles. The number of nitrogens with one attached hydrogen (secondary N) is 1. The molecular weight excluding hydrogens is 444 g/mol. The quantitative estimate of drug-likeness (QED) is 0.348. The van der Waals surface area contributed by atoms with Gasteiger partial charge in [-0.15, -0.1) is 10.2 Å². The van der Waals surface area contributed by atoms with E-state index in [1.165, 1.54) is 5.56 Å². The van der Waals surface area contributed by atoms with Crippen LogP contribution in [-0.2, 0) is 5.75 Å². The smallest absolute Gasteiger partial charge is 0.251 e. The van der Waals surface area contributed by atoms with Gasteiger partial charge in [0.05, 0.1) is 7.11 Å². The van der Waals surface area contributed by atoms with Gasteiger partial charge < -0.3 is 10.1 Å². The topological polar surface area (TPSA) is 69.0 Å². The van der Waals surface area contributed by atoms with Crippen LogP contribution in [0.2, 0.25) is 0 Å². The number of hydrogen-bond acceptors (Lipinski definition) is 5. The fraction of sp³-hybridized carbons (Fsp3) is 0.222. The molecule has 1 aromatic heterocycles. The number of benzene rings is 3. The fourth-order valence-corrected chi connectivity index (χ4v) is 4.62. The van der Waals surface area contributed by atoms with Crippen molar-refractivity contribution in [2.45, 2.75) is 36.7 Å². The van der Waals surface area contributed by atoms with E-state index in [2.05, 4.69) is 45.2 Å². The molecule has 0 aliphatic heterocycles. The van der Waals surface area contributed by atoms with E-state index in [1.54, 1.807) is 18.9 Å². The van der Waals surface area contributed by atoms with Crippen LogP contribution < -0.4 is 10.1 Å². The van der Waals surface area contributed by atoms with Crippen LogP contribution in [0.3, 0.4) is 0 Å². The summed E-state index contributed by atoms with van der Waals surface area (Å²) in [7, 11) is 1.66. The molecule has 0 bridgehead atoms. The number of nitrogens with zero attached hydrogens (tertiary/aromatic N) is 3. The normalized spacial score (nSPS) is 13.0. The first-order chi connectivity index (χ1) is 16.6. The first-order valence-electron chi connectivity index (χ1n) is 11.3. The average Bonchev–Trinajstić information content (AvgIpc) is 3.58. The van der Waals surface area contributed by atoms with Crippen LogP contribution in [0.25, 0.3) is 17.1 Å². The lowest BCUT2D eigenvalue weighted by Crippen LogP contribution is -2.25. The van der Waals surface area contributed by atoms with Gasteiger partial charge >= 0.3 is 0 Å². The van der Waals surface area contributed by atoms with Crippen molar-refractivity contribution in [1.29, 1.82) is 0 Å². The number of carbonyl (C=O) groups is 1. The summed E-state index contributed by atoms with van der Waals surface area (Å²) in [5.74, 6) is 2.26. The van der Waals surface area contributed by atoms with E-state index in [4.69, 9.17) is 4.74 Å². The van der Waals surface area contributed by atoms with E-state index < -0.39 is 0 Å². The Bertz CT molecular complexity index is 1310. The molecule has 1 aliphatic carbocycles. The summed E-state index contributed by atoms with van der Waals surface area (Å²) in [5.41, 5.74) is 4.93. The minimum atomic E-state index is 0.00354. The van der Waals surface area contributed by atoms with Crippen LogP contribution in [0, 0.1) is 6.92 Å². The summed E-state index contributed by atoms with van der Waals surface area (Å²) in [6.45, 7) is 2.08. The van der Waals surface area contributed by atoms with Crippen molar-refractivity contribution in [3.05, 3.63) is 89.5 Å². The lowest BCUT2D eigenvalue weighted by Gasteiger charge is -2.12.